The molecule has 1 heterocycles. The first kappa shape index (κ1) is 16.9. The van der Waals surface area contributed by atoms with Crippen LogP contribution in [0, 0.1) is 6.92 Å². The molecule has 0 fully saturated rings. The number of nitrogens with one attached hydrogen (secondary N) is 1. The lowest BCUT2D eigenvalue weighted by molar-refractivity contribution is -0.116. The third-order valence-corrected chi connectivity index (χ3v) is 2.87. The molecule has 0 bridgehead atoms. The molecule has 0 aliphatic heterocycles. The highest BCUT2D eigenvalue weighted by Gasteiger charge is 2.07. The monoisotopic (exact) mass is 274 g/mol. The van der Waals surface area contributed by atoms with Crippen LogP contribution in [0.1, 0.15) is 37.8 Å². The number of amides is 1. The van der Waals surface area contributed by atoms with Crippen molar-refractivity contribution in [2.75, 3.05) is 11.9 Å². The Bertz CT molecular complexity index is 365. The lowest BCUT2D eigenvalue weighted by Gasteiger charge is -2.04. The van der Waals surface area contributed by atoms with Gasteiger partial charge in [0.05, 0.1) is 17.6 Å². The molecule has 0 saturated heterocycles. The second-order valence-electron chi connectivity index (χ2n) is 4.27. The summed E-state index contributed by atoms with van der Waals surface area (Å²) < 4.78 is 1.75. The maximum Gasteiger partial charge on any atom is 0.224 e. The molecule has 0 atom stereocenters. The van der Waals surface area contributed by atoms with Gasteiger partial charge in [0, 0.05) is 13.5 Å². The molecule has 0 unspecified atom stereocenters. The Hall–Kier alpha value is -1.07. The zero-order chi connectivity index (χ0) is 12.7. The minimum absolute atomic E-state index is 0. The third-order valence-electron chi connectivity index (χ3n) is 2.87. The van der Waals surface area contributed by atoms with Crippen molar-refractivity contribution >= 4 is 24.0 Å². The molecule has 18 heavy (non-hydrogen) atoms. The molecule has 0 aromatic carbocycles. The maximum atomic E-state index is 11.6. The number of nitrogens with two attached hydrogens (primary N) is 1. The molecule has 1 rings (SSSR count). The summed E-state index contributed by atoms with van der Waals surface area (Å²) in [7, 11) is 1.86. The summed E-state index contributed by atoms with van der Waals surface area (Å²) in [4.78, 5) is 11.6. The predicted molar refractivity (Wildman–Crippen MR) is 76.0 cm³/mol. The molecule has 104 valence electrons. The summed E-state index contributed by atoms with van der Waals surface area (Å²) in [6.45, 7) is 2.67. The highest BCUT2D eigenvalue weighted by Crippen LogP contribution is 2.13. The van der Waals surface area contributed by atoms with Crippen LogP contribution in [0.5, 0.6) is 0 Å². The van der Waals surface area contributed by atoms with Gasteiger partial charge in [0.1, 0.15) is 0 Å². The first-order chi connectivity index (χ1) is 8.15. The van der Waals surface area contributed by atoms with Crippen LogP contribution < -0.4 is 11.1 Å². The molecule has 0 aliphatic rings. The number of hydrogen-bond acceptors (Lipinski definition) is 3. The highest BCUT2D eigenvalue weighted by atomic mass is 35.5. The van der Waals surface area contributed by atoms with Gasteiger partial charge in [-0.2, -0.15) is 5.10 Å². The third kappa shape index (κ3) is 5.51. The molecule has 5 nitrogen and oxygen atoms in total. The Morgan fingerprint density at radius 1 is 1.39 bits per heavy atom. The molecule has 0 saturated carbocycles. The van der Waals surface area contributed by atoms with Gasteiger partial charge in [-0.05, 0) is 26.3 Å². The normalized spacial score (nSPS) is 9.94. The second-order valence-corrected chi connectivity index (χ2v) is 4.27. The fourth-order valence-corrected chi connectivity index (χ4v) is 1.62. The van der Waals surface area contributed by atoms with Crippen molar-refractivity contribution in [2.24, 2.45) is 12.8 Å². The Morgan fingerprint density at radius 2 is 2.06 bits per heavy atom. The maximum absolute atomic E-state index is 11.6. The molecule has 1 amide bonds. The minimum Gasteiger partial charge on any atom is -0.330 e. The van der Waals surface area contributed by atoms with E-state index < -0.39 is 0 Å². The first-order valence-corrected chi connectivity index (χ1v) is 6.13. The van der Waals surface area contributed by atoms with Crippen molar-refractivity contribution in [2.45, 2.75) is 39.0 Å². The largest absolute Gasteiger partial charge is 0.330 e. The van der Waals surface area contributed by atoms with E-state index in [0.717, 1.165) is 43.6 Å². The van der Waals surface area contributed by atoms with Crippen molar-refractivity contribution in [3.05, 3.63) is 11.9 Å². The van der Waals surface area contributed by atoms with Crippen LogP contribution in [-0.4, -0.2) is 22.2 Å². The Morgan fingerprint density at radius 3 is 2.61 bits per heavy atom. The van der Waals surface area contributed by atoms with Crippen LogP contribution in [-0.2, 0) is 11.8 Å². The molecule has 0 radical (unpaired) electrons. The molecular formula is C12H23ClN4O. The summed E-state index contributed by atoms with van der Waals surface area (Å²) >= 11 is 0. The number of rotatable bonds is 7. The average Bonchev–Trinajstić information content (AvgIpc) is 2.61. The van der Waals surface area contributed by atoms with E-state index in [4.69, 9.17) is 5.73 Å². The van der Waals surface area contributed by atoms with E-state index in [-0.39, 0.29) is 18.3 Å². The molecule has 1 aromatic heterocycles. The fourth-order valence-electron chi connectivity index (χ4n) is 1.62. The van der Waals surface area contributed by atoms with E-state index in [2.05, 4.69) is 10.4 Å². The van der Waals surface area contributed by atoms with Gasteiger partial charge in [0.15, 0.2) is 0 Å². The van der Waals surface area contributed by atoms with Crippen molar-refractivity contribution < 1.29 is 4.79 Å². The van der Waals surface area contributed by atoms with E-state index in [9.17, 15) is 4.79 Å². The van der Waals surface area contributed by atoms with Crippen molar-refractivity contribution in [1.82, 2.24) is 9.78 Å². The van der Waals surface area contributed by atoms with Gasteiger partial charge < -0.3 is 11.1 Å². The number of carbonyl (C=O) groups is 1. The van der Waals surface area contributed by atoms with Gasteiger partial charge in [-0.3, -0.25) is 9.48 Å². The standard InChI is InChI=1S/C12H22N4O.ClH/c1-10-11(9-14-16(10)2)15-12(17)7-5-3-4-6-8-13;/h9H,3-8,13H2,1-2H3,(H,15,17);1H. The van der Waals surface area contributed by atoms with Crippen molar-refractivity contribution in [1.29, 1.82) is 0 Å². The fraction of sp³-hybridized carbons (Fsp3) is 0.667. The van der Waals surface area contributed by atoms with Crippen molar-refractivity contribution in [3.63, 3.8) is 0 Å². The average molecular weight is 275 g/mol. The summed E-state index contributed by atoms with van der Waals surface area (Å²) in [6.07, 6.45) is 6.39. The number of aryl methyl sites for hydroxylation is 1. The number of hydrogen-bond donors (Lipinski definition) is 2. The Balaban J connectivity index is 0.00000289. The van der Waals surface area contributed by atoms with Gasteiger partial charge in [0.2, 0.25) is 5.91 Å². The number of anilines is 1. The summed E-state index contributed by atoms with van der Waals surface area (Å²) in [6, 6.07) is 0. The molecule has 3 N–H and O–H groups in total. The van der Waals surface area contributed by atoms with Crippen LogP contribution in [0.4, 0.5) is 5.69 Å². The Kier molecular flexibility index (Phi) is 8.41. The van der Waals surface area contributed by atoms with E-state index in [1.54, 1.807) is 10.9 Å². The number of aromatic nitrogens is 2. The quantitative estimate of drug-likeness (QED) is 0.747. The van der Waals surface area contributed by atoms with Crippen LogP contribution in [0.25, 0.3) is 0 Å². The molecule has 6 heteroatoms. The smallest absolute Gasteiger partial charge is 0.224 e. The molecule has 0 aliphatic carbocycles. The van der Waals surface area contributed by atoms with E-state index >= 15 is 0 Å². The number of nitrogens with zero attached hydrogens (tertiary/aromatic N) is 2. The number of unbranched alkanes of at least 4 members (excludes halogenated alkanes) is 3. The predicted octanol–water partition coefficient (Wildman–Crippen LogP) is 2.00. The van der Waals surface area contributed by atoms with Gasteiger partial charge in [-0.1, -0.05) is 12.8 Å². The van der Waals surface area contributed by atoms with Gasteiger partial charge >= 0.3 is 0 Å². The number of carbonyl (C=O) groups excluding carboxylic acids is 1. The minimum atomic E-state index is 0. The van der Waals surface area contributed by atoms with Gasteiger partial charge in [0.25, 0.3) is 0 Å². The molecule has 1 aromatic rings. The van der Waals surface area contributed by atoms with Gasteiger partial charge in [-0.25, -0.2) is 0 Å². The van der Waals surface area contributed by atoms with Crippen LogP contribution in [0.15, 0.2) is 6.20 Å². The second kappa shape index (κ2) is 8.94. The summed E-state index contributed by atoms with van der Waals surface area (Å²) in [5.41, 5.74) is 7.18. The van der Waals surface area contributed by atoms with Crippen LogP contribution >= 0.6 is 12.4 Å². The lowest BCUT2D eigenvalue weighted by Crippen LogP contribution is -2.11. The highest BCUT2D eigenvalue weighted by molar-refractivity contribution is 5.91. The topological polar surface area (TPSA) is 72.9 Å². The molecule has 0 spiro atoms. The summed E-state index contributed by atoms with van der Waals surface area (Å²) in [5.74, 6) is 0.0637. The Labute approximate surface area is 115 Å². The van der Waals surface area contributed by atoms with Gasteiger partial charge in [-0.15, -0.1) is 12.4 Å². The zero-order valence-electron chi connectivity index (χ0n) is 11.1. The number of halogens is 1. The lowest BCUT2D eigenvalue weighted by atomic mass is 10.1. The first-order valence-electron chi connectivity index (χ1n) is 6.13. The van der Waals surface area contributed by atoms with E-state index in [0.29, 0.717) is 6.42 Å². The van der Waals surface area contributed by atoms with Crippen LogP contribution in [0.3, 0.4) is 0 Å². The SMILES string of the molecule is Cc1c(NC(=O)CCCCCCN)cnn1C.Cl. The zero-order valence-corrected chi connectivity index (χ0v) is 11.9. The van der Waals surface area contributed by atoms with Crippen molar-refractivity contribution in [3.8, 4) is 0 Å². The van der Waals surface area contributed by atoms with E-state index in [1.807, 2.05) is 14.0 Å². The summed E-state index contributed by atoms with van der Waals surface area (Å²) in [5, 5.41) is 6.95. The van der Waals surface area contributed by atoms with E-state index in [1.165, 1.54) is 0 Å². The molecular weight excluding hydrogens is 252 g/mol. The van der Waals surface area contributed by atoms with Crippen LogP contribution in [0.2, 0.25) is 0 Å².